The normalized spacial score (nSPS) is 12.6. The van der Waals surface area contributed by atoms with Crippen LogP contribution in [-0.4, -0.2) is 25.7 Å². The molecule has 0 spiro atoms. The predicted molar refractivity (Wildman–Crippen MR) is 70.1 cm³/mol. The summed E-state index contributed by atoms with van der Waals surface area (Å²) in [4.78, 5) is 13.0. The molecule has 17 heavy (non-hydrogen) atoms. The minimum Gasteiger partial charge on any atom is -0.325 e. The number of fused-ring (bicyclic) bond motifs is 1. The van der Waals surface area contributed by atoms with E-state index in [2.05, 4.69) is 31.4 Å². The maximum absolute atomic E-state index is 11.7. The zero-order chi connectivity index (χ0) is 12.4. The van der Waals surface area contributed by atoms with Crippen LogP contribution in [0.1, 0.15) is 13.3 Å². The van der Waals surface area contributed by atoms with Crippen LogP contribution in [0.4, 0.5) is 5.69 Å². The van der Waals surface area contributed by atoms with Gasteiger partial charge in [-0.05, 0) is 24.6 Å². The Hall–Kier alpha value is -1.43. The smallest absolute Gasteiger partial charge is 0.238 e. The first-order valence-electron chi connectivity index (χ1n) is 5.36. The van der Waals surface area contributed by atoms with E-state index in [1.165, 1.54) is 4.80 Å². The lowest BCUT2D eigenvalue weighted by Crippen LogP contribution is -2.21. The average Bonchev–Trinajstić information content (AvgIpc) is 2.67. The summed E-state index contributed by atoms with van der Waals surface area (Å²) in [5.74, 6) is -0.0456. The number of anilines is 1. The minimum atomic E-state index is -0.167. The maximum Gasteiger partial charge on any atom is 0.238 e. The maximum atomic E-state index is 11.7. The summed E-state index contributed by atoms with van der Waals surface area (Å²) in [5, 5.41) is 11.2. The van der Waals surface area contributed by atoms with E-state index in [1.807, 2.05) is 25.1 Å². The number of aryl methyl sites for hydroxylation is 1. The van der Waals surface area contributed by atoms with Crippen molar-refractivity contribution in [2.24, 2.45) is 7.05 Å². The molecule has 1 aromatic carbocycles. The Bertz CT molecular complexity index is 551. The Kier molecular flexibility index (Phi) is 3.42. The van der Waals surface area contributed by atoms with Crippen LogP contribution in [-0.2, 0) is 11.8 Å². The number of hydrogen-bond acceptors (Lipinski definition) is 3. The first-order valence-corrected chi connectivity index (χ1v) is 6.27. The summed E-state index contributed by atoms with van der Waals surface area (Å²) in [6, 6.07) is 5.48. The second kappa shape index (κ2) is 4.83. The van der Waals surface area contributed by atoms with Gasteiger partial charge in [-0.25, -0.2) is 0 Å². The Morgan fingerprint density at radius 1 is 1.47 bits per heavy atom. The van der Waals surface area contributed by atoms with Crippen LogP contribution in [0.5, 0.6) is 0 Å². The number of benzene rings is 1. The molecule has 2 rings (SSSR count). The van der Waals surface area contributed by atoms with Crippen molar-refractivity contribution >= 4 is 38.6 Å². The Labute approximate surface area is 107 Å². The number of carbonyl (C=O) groups is 1. The molecule has 1 heterocycles. The molecule has 90 valence electrons. The van der Waals surface area contributed by atoms with Crippen LogP contribution in [0, 0.1) is 0 Å². The Balaban J connectivity index is 2.22. The Morgan fingerprint density at radius 3 is 2.88 bits per heavy atom. The summed E-state index contributed by atoms with van der Waals surface area (Å²) >= 11 is 3.31. The molecule has 0 radical (unpaired) electrons. The largest absolute Gasteiger partial charge is 0.325 e. The lowest BCUT2D eigenvalue weighted by Gasteiger charge is -2.08. The summed E-state index contributed by atoms with van der Waals surface area (Å²) in [7, 11) is 1.77. The zero-order valence-corrected chi connectivity index (χ0v) is 11.2. The number of alkyl halides is 1. The molecule has 0 saturated heterocycles. The monoisotopic (exact) mass is 296 g/mol. The third-order valence-electron chi connectivity index (χ3n) is 2.39. The molecule has 2 aromatic rings. The zero-order valence-electron chi connectivity index (χ0n) is 9.64. The van der Waals surface area contributed by atoms with Gasteiger partial charge in [0.25, 0.3) is 0 Å². The number of nitrogens with one attached hydrogen (secondary N) is 1. The SMILES string of the molecule is CC[C@@H](Br)C(=O)Nc1ccc2nn(C)nc2c1. The molecular weight excluding hydrogens is 284 g/mol. The molecular formula is C11H13BrN4O. The van der Waals surface area contributed by atoms with Crippen molar-refractivity contribution in [3.63, 3.8) is 0 Å². The van der Waals surface area contributed by atoms with Crippen molar-refractivity contribution < 1.29 is 4.79 Å². The fraction of sp³-hybridized carbons (Fsp3) is 0.364. The van der Waals surface area contributed by atoms with E-state index in [0.717, 1.165) is 23.1 Å². The van der Waals surface area contributed by atoms with E-state index in [1.54, 1.807) is 7.05 Å². The van der Waals surface area contributed by atoms with Crippen molar-refractivity contribution in [1.82, 2.24) is 15.0 Å². The molecule has 1 atom stereocenters. The molecule has 0 unspecified atom stereocenters. The summed E-state index contributed by atoms with van der Waals surface area (Å²) in [6.45, 7) is 1.95. The van der Waals surface area contributed by atoms with Gasteiger partial charge in [0.1, 0.15) is 11.0 Å². The third kappa shape index (κ3) is 2.63. The van der Waals surface area contributed by atoms with Gasteiger partial charge in [0.05, 0.1) is 4.83 Å². The second-order valence-electron chi connectivity index (χ2n) is 3.76. The lowest BCUT2D eigenvalue weighted by molar-refractivity contribution is -0.115. The molecule has 1 N–H and O–H groups in total. The molecule has 5 nitrogen and oxygen atoms in total. The van der Waals surface area contributed by atoms with Crippen molar-refractivity contribution in [3.05, 3.63) is 18.2 Å². The van der Waals surface area contributed by atoms with Gasteiger partial charge < -0.3 is 5.32 Å². The molecule has 0 aliphatic heterocycles. The van der Waals surface area contributed by atoms with E-state index in [-0.39, 0.29) is 10.7 Å². The number of amides is 1. The molecule has 0 aliphatic carbocycles. The highest BCUT2D eigenvalue weighted by Crippen LogP contribution is 2.17. The average molecular weight is 297 g/mol. The van der Waals surface area contributed by atoms with Crippen molar-refractivity contribution in [2.75, 3.05) is 5.32 Å². The molecule has 6 heteroatoms. The molecule has 1 amide bonds. The van der Waals surface area contributed by atoms with Crippen molar-refractivity contribution in [3.8, 4) is 0 Å². The van der Waals surface area contributed by atoms with E-state index >= 15 is 0 Å². The highest BCUT2D eigenvalue weighted by atomic mass is 79.9. The quantitative estimate of drug-likeness (QED) is 0.882. The number of hydrogen-bond donors (Lipinski definition) is 1. The Morgan fingerprint density at radius 2 is 2.18 bits per heavy atom. The second-order valence-corrected chi connectivity index (χ2v) is 4.86. The number of carbonyl (C=O) groups excluding carboxylic acids is 1. The van der Waals surface area contributed by atoms with Gasteiger partial charge in [0.2, 0.25) is 5.91 Å². The summed E-state index contributed by atoms with van der Waals surface area (Å²) < 4.78 is 0. The summed E-state index contributed by atoms with van der Waals surface area (Å²) in [5.41, 5.74) is 2.32. The van der Waals surface area contributed by atoms with Gasteiger partial charge in [-0.3, -0.25) is 4.79 Å². The topological polar surface area (TPSA) is 59.8 Å². The third-order valence-corrected chi connectivity index (χ3v) is 3.45. The van der Waals surface area contributed by atoms with Crippen LogP contribution < -0.4 is 5.32 Å². The van der Waals surface area contributed by atoms with Gasteiger partial charge in [-0.15, -0.1) is 0 Å². The highest BCUT2D eigenvalue weighted by molar-refractivity contribution is 9.10. The van der Waals surface area contributed by atoms with Crippen LogP contribution in [0.15, 0.2) is 18.2 Å². The van der Waals surface area contributed by atoms with Gasteiger partial charge >= 0.3 is 0 Å². The van der Waals surface area contributed by atoms with Gasteiger partial charge in [-0.1, -0.05) is 22.9 Å². The fourth-order valence-electron chi connectivity index (χ4n) is 1.51. The van der Waals surface area contributed by atoms with Crippen LogP contribution in [0.2, 0.25) is 0 Å². The van der Waals surface area contributed by atoms with Gasteiger partial charge in [0.15, 0.2) is 0 Å². The molecule has 0 fully saturated rings. The van der Waals surface area contributed by atoms with Gasteiger partial charge in [-0.2, -0.15) is 15.0 Å². The first kappa shape index (κ1) is 12.0. The standard InChI is InChI=1S/C11H13BrN4O/c1-3-8(12)11(17)13-7-4-5-9-10(6-7)15-16(2)14-9/h4-6,8H,3H2,1-2H3,(H,13,17)/t8-/m1/s1. The van der Waals surface area contributed by atoms with Crippen molar-refractivity contribution in [1.29, 1.82) is 0 Å². The number of aromatic nitrogens is 3. The molecule has 1 aromatic heterocycles. The number of rotatable bonds is 3. The van der Waals surface area contributed by atoms with Crippen LogP contribution in [0.25, 0.3) is 11.0 Å². The van der Waals surface area contributed by atoms with E-state index in [9.17, 15) is 4.79 Å². The molecule has 0 bridgehead atoms. The predicted octanol–water partition coefficient (Wildman–Crippen LogP) is 2.08. The van der Waals surface area contributed by atoms with E-state index in [0.29, 0.717) is 0 Å². The van der Waals surface area contributed by atoms with E-state index in [4.69, 9.17) is 0 Å². The van der Waals surface area contributed by atoms with Crippen molar-refractivity contribution in [2.45, 2.75) is 18.2 Å². The first-order chi connectivity index (χ1) is 8.10. The molecule has 0 saturated carbocycles. The number of nitrogens with zero attached hydrogens (tertiary/aromatic N) is 3. The minimum absolute atomic E-state index is 0.0456. The van der Waals surface area contributed by atoms with E-state index < -0.39 is 0 Å². The number of halogens is 1. The van der Waals surface area contributed by atoms with Crippen LogP contribution in [0.3, 0.4) is 0 Å². The fourth-order valence-corrected chi connectivity index (χ4v) is 1.62. The van der Waals surface area contributed by atoms with Crippen LogP contribution >= 0.6 is 15.9 Å². The summed E-state index contributed by atoms with van der Waals surface area (Å²) in [6.07, 6.45) is 0.749. The highest BCUT2D eigenvalue weighted by Gasteiger charge is 2.12. The molecule has 0 aliphatic rings. The lowest BCUT2D eigenvalue weighted by atomic mass is 10.2. The van der Waals surface area contributed by atoms with Gasteiger partial charge in [0, 0.05) is 12.7 Å².